The minimum atomic E-state index is -0.272. The van der Waals surface area contributed by atoms with E-state index in [2.05, 4.69) is 13.8 Å². The summed E-state index contributed by atoms with van der Waals surface area (Å²) in [5.41, 5.74) is 6.32. The van der Waals surface area contributed by atoms with Crippen LogP contribution in [0.25, 0.3) is 0 Å². The van der Waals surface area contributed by atoms with E-state index in [-0.39, 0.29) is 23.4 Å². The molecule has 1 saturated carbocycles. The van der Waals surface area contributed by atoms with Gasteiger partial charge >= 0.3 is 0 Å². The number of benzene rings is 1. The molecule has 17 heavy (non-hydrogen) atoms. The summed E-state index contributed by atoms with van der Waals surface area (Å²) >= 11 is 0. The second-order valence-electron chi connectivity index (χ2n) is 5.52. The van der Waals surface area contributed by atoms with Gasteiger partial charge in [-0.15, -0.1) is 0 Å². The molecule has 2 N–H and O–H groups in total. The molecule has 0 aliphatic heterocycles. The van der Waals surface area contributed by atoms with E-state index >= 15 is 0 Å². The van der Waals surface area contributed by atoms with Crippen LogP contribution in [0.15, 0.2) is 24.3 Å². The molecule has 2 unspecified atom stereocenters. The highest BCUT2D eigenvalue weighted by Crippen LogP contribution is 2.36. The first-order valence-corrected chi connectivity index (χ1v) is 6.17. The van der Waals surface area contributed by atoms with Crippen molar-refractivity contribution in [3.63, 3.8) is 0 Å². The molecule has 0 aromatic heterocycles. The third kappa shape index (κ3) is 2.78. The Balaban J connectivity index is 2.08. The number of hydrogen-bond donors (Lipinski definition) is 1. The summed E-state index contributed by atoms with van der Waals surface area (Å²) < 4.78 is 18.9. The summed E-state index contributed by atoms with van der Waals surface area (Å²) in [4.78, 5) is 0. The number of rotatable bonds is 2. The van der Waals surface area contributed by atoms with Crippen LogP contribution in [0.4, 0.5) is 4.39 Å². The second-order valence-corrected chi connectivity index (χ2v) is 5.52. The molecule has 94 valence electrons. The zero-order valence-electron chi connectivity index (χ0n) is 10.4. The Morgan fingerprint density at radius 1 is 1.41 bits per heavy atom. The maximum Gasteiger partial charge on any atom is 0.126 e. The minimum absolute atomic E-state index is 0.000447. The summed E-state index contributed by atoms with van der Waals surface area (Å²) in [5, 5.41) is 0. The molecule has 0 spiro atoms. The van der Waals surface area contributed by atoms with Crippen molar-refractivity contribution in [3.05, 3.63) is 30.1 Å². The van der Waals surface area contributed by atoms with Gasteiger partial charge in [0.1, 0.15) is 17.7 Å². The summed E-state index contributed by atoms with van der Waals surface area (Å²) in [6, 6.07) is 6.26. The van der Waals surface area contributed by atoms with Gasteiger partial charge < -0.3 is 10.5 Å². The molecule has 1 fully saturated rings. The summed E-state index contributed by atoms with van der Waals surface area (Å²) in [5.74, 6) is 0.300. The van der Waals surface area contributed by atoms with Crippen LogP contribution in [0.3, 0.4) is 0 Å². The zero-order chi connectivity index (χ0) is 12.5. The molecule has 3 heteroatoms. The highest BCUT2D eigenvalue weighted by Gasteiger charge is 2.37. The Labute approximate surface area is 102 Å². The summed E-state index contributed by atoms with van der Waals surface area (Å²) in [6.45, 7) is 4.33. The third-order valence-corrected chi connectivity index (χ3v) is 3.70. The van der Waals surface area contributed by atoms with Crippen LogP contribution in [-0.2, 0) is 0 Å². The second kappa shape index (κ2) is 4.65. The van der Waals surface area contributed by atoms with Gasteiger partial charge in [0, 0.05) is 12.1 Å². The SMILES string of the molecule is CC1(C)CCCC(Oc2cccc(F)c2)C1N. The molecule has 2 rings (SSSR count). The van der Waals surface area contributed by atoms with Gasteiger partial charge in [0.25, 0.3) is 0 Å². The molecule has 2 atom stereocenters. The molecule has 0 amide bonds. The highest BCUT2D eigenvalue weighted by molar-refractivity contribution is 5.23. The van der Waals surface area contributed by atoms with Crippen LogP contribution in [0.1, 0.15) is 33.1 Å². The molecule has 0 bridgehead atoms. The number of ether oxygens (including phenoxy) is 1. The molecule has 2 nitrogen and oxygen atoms in total. The first-order valence-electron chi connectivity index (χ1n) is 6.17. The lowest BCUT2D eigenvalue weighted by Gasteiger charge is -2.41. The van der Waals surface area contributed by atoms with E-state index in [4.69, 9.17) is 10.5 Å². The summed E-state index contributed by atoms with van der Waals surface area (Å²) in [6.07, 6.45) is 3.17. The quantitative estimate of drug-likeness (QED) is 0.857. The monoisotopic (exact) mass is 237 g/mol. The molecule has 0 saturated heterocycles. The average Bonchev–Trinajstić information content (AvgIpc) is 2.25. The lowest BCUT2D eigenvalue weighted by molar-refractivity contribution is 0.0565. The first kappa shape index (κ1) is 12.4. The topological polar surface area (TPSA) is 35.2 Å². The van der Waals surface area contributed by atoms with Crippen molar-refractivity contribution in [1.82, 2.24) is 0 Å². The van der Waals surface area contributed by atoms with Gasteiger partial charge in [-0.25, -0.2) is 4.39 Å². The molecule has 0 radical (unpaired) electrons. The van der Waals surface area contributed by atoms with Gasteiger partial charge in [-0.05, 0) is 36.8 Å². The van der Waals surface area contributed by atoms with Crippen molar-refractivity contribution >= 4 is 0 Å². The Hall–Kier alpha value is -1.09. The van der Waals surface area contributed by atoms with Crippen molar-refractivity contribution in [2.75, 3.05) is 0 Å². The molecule has 1 aliphatic carbocycles. The lowest BCUT2D eigenvalue weighted by Crippen LogP contribution is -2.51. The van der Waals surface area contributed by atoms with Crippen molar-refractivity contribution in [2.24, 2.45) is 11.1 Å². The molecule has 1 aromatic rings. The van der Waals surface area contributed by atoms with Crippen molar-refractivity contribution in [1.29, 1.82) is 0 Å². The van der Waals surface area contributed by atoms with Crippen LogP contribution < -0.4 is 10.5 Å². The predicted molar refractivity (Wildman–Crippen MR) is 66.4 cm³/mol. The highest BCUT2D eigenvalue weighted by atomic mass is 19.1. The van der Waals surface area contributed by atoms with Gasteiger partial charge in [-0.1, -0.05) is 19.9 Å². The molecule has 0 heterocycles. The zero-order valence-corrected chi connectivity index (χ0v) is 10.4. The number of halogens is 1. The Morgan fingerprint density at radius 3 is 2.88 bits per heavy atom. The van der Waals surface area contributed by atoms with E-state index in [0.717, 1.165) is 19.3 Å². The molecular formula is C14H20FNO. The van der Waals surface area contributed by atoms with Gasteiger partial charge in [-0.2, -0.15) is 0 Å². The van der Waals surface area contributed by atoms with E-state index in [1.54, 1.807) is 12.1 Å². The number of hydrogen-bond acceptors (Lipinski definition) is 2. The Bertz CT molecular complexity index is 392. The van der Waals surface area contributed by atoms with Gasteiger partial charge in [0.2, 0.25) is 0 Å². The smallest absolute Gasteiger partial charge is 0.126 e. The maximum absolute atomic E-state index is 13.1. The van der Waals surface area contributed by atoms with E-state index in [0.29, 0.717) is 5.75 Å². The predicted octanol–water partition coefficient (Wildman–Crippen LogP) is 3.11. The molecule has 1 aromatic carbocycles. The van der Waals surface area contributed by atoms with Crippen LogP contribution in [0.5, 0.6) is 5.75 Å². The van der Waals surface area contributed by atoms with Crippen molar-refractivity contribution < 1.29 is 9.13 Å². The van der Waals surface area contributed by atoms with Crippen LogP contribution in [0.2, 0.25) is 0 Å². The van der Waals surface area contributed by atoms with Gasteiger partial charge in [-0.3, -0.25) is 0 Å². The largest absolute Gasteiger partial charge is 0.489 e. The number of nitrogens with two attached hydrogens (primary N) is 1. The van der Waals surface area contributed by atoms with Crippen molar-refractivity contribution in [2.45, 2.75) is 45.3 Å². The van der Waals surface area contributed by atoms with E-state index in [1.807, 2.05) is 0 Å². The third-order valence-electron chi connectivity index (χ3n) is 3.70. The normalized spacial score (nSPS) is 27.8. The van der Waals surface area contributed by atoms with Gasteiger partial charge in [0.15, 0.2) is 0 Å². The first-order chi connectivity index (χ1) is 7.99. The minimum Gasteiger partial charge on any atom is -0.489 e. The Morgan fingerprint density at radius 2 is 2.18 bits per heavy atom. The van der Waals surface area contributed by atoms with Crippen LogP contribution in [0, 0.1) is 11.2 Å². The summed E-state index contributed by atoms with van der Waals surface area (Å²) in [7, 11) is 0. The van der Waals surface area contributed by atoms with Gasteiger partial charge in [0.05, 0.1) is 0 Å². The van der Waals surface area contributed by atoms with Crippen molar-refractivity contribution in [3.8, 4) is 5.75 Å². The average molecular weight is 237 g/mol. The van der Waals surface area contributed by atoms with Crippen LogP contribution >= 0.6 is 0 Å². The fraction of sp³-hybridized carbons (Fsp3) is 0.571. The lowest BCUT2D eigenvalue weighted by atomic mass is 9.72. The molecule has 1 aliphatic rings. The standard InChI is InChI=1S/C14H20FNO/c1-14(2)8-4-7-12(13(14)16)17-11-6-3-5-10(15)9-11/h3,5-6,9,12-13H,4,7-8,16H2,1-2H3. The maximum atomic E-state index is 13.1. The fourth-order valence-electron chi connectivity index (χ4n) is 2.46. The fourth-order valence-corrected chi connectivity index (χ4v) is 2.46. The Kier molecular flexibility index (Phi) is 3.38. The van der Waals surface area contributed by atoms with Crippen LogP contribution in [-0.4, -0.2) is 12.1 Å². The van der Waals surface area contributed by atoms with E-state index in [9.17, 15) is 4.39 Å². The van der Waals surface area contributed by atoms with E-state index < -0.39 is 0 Å². The molecular weight excluding hydrogens is 217 g/mol. The van der Waals surface area contributed by atoms with E-state index in [1.165, 1.54) is 12.1 Å².